The van der Waals surface area contributed by atoms with Crippen molar-refractivity contribution in [2.75, 3.05) is 16.9 Å². The fourth-order valence-corrected chi connectivity index (χ4v) is 4.43. The van der Waals surface area contributed by atoms with Crippen molar-refractivity contribution in [3.63, 3.8) is 0 Å². The molecule has 9 heteroatoms. The number of anilines is 2. The average molecular weight is 493 g/mol. The van der Waals surface area contributed by atoms with Crippen molar-refractivity contribution in [2.24, 2.45) is 0 Å². The minimum absolute atomic E-state index is 0.293. The van der Waals surface area contributed by atoms with Crippen molar-refractivity contribution in [2.45, 2.75) is 31.5 Å². The lowest BCUT2D eigenvalue weighted by atomic mass is 10.1. The first kappa shape index (κ1) is 23.7. The molecule has 0 bridgehead atoms. The molecule has 0 radical (unpaired) electrons. The number of thioether (sulfide) groups is 1. The first-order valence-electron chi connectivity index (χ1n) is 10.5. The van der Waals surface area contributed by atoms with Crippen LogP contribution in [0.5, 0.6) is 0 Å². The summed E-state index contributed by atoms with van der Waals surface area (Å²) >= 11 is 3.08. The third-order valence-electron chi connectivity index (χ3n) is 4.70. The summed E-state index contributed by atoms with van der Waals surface area (Å²) in [5.74, 6) is -0.293. The number of rotatable bonds is 5. The van der Waals surface area contributed by atoms with Gasteiger partial charge in [0.2, 0.25) is 0 Å². The number of thiophene rings is 1. The number of ether oxygens (including phenoxy) is 1. The summed E-state index contributed by atoms with van der Waals surface area (Å²) in [5, 5.41) is 8.25. The van der Waals surface area contributed by atoms with Gasteiger partial charge in [0.25, 0.3) is 5.91 Å². The molecule has 0 aliphatic rings. The van der Waals surface area contributed by atoms with Gasteiger partial charge in [0, 0.05) is 11.1 Å². The van der Waals surface area contributed by atoms with E-state index in [1.54, 1.807) is 68.5 Å². The Morgan fingerprint density at radius 3 is 2.26 bits per heavy atom. The van der Waals surface area contributed by atoms with Crippen molar-refractivity contribution in [3.8, 4) is 11.3 Å². The van der Waals surface area contributed by atoms with Crippen molar-refractivity contribution in [1.29, 1.82) is 0 Å². The van der Waals surface area contributed by atoms with Crippen LogP contribution in [0.4, 0.5) is 16.2 Å². The fraction of sp³-hybridized carbons (Fsp3) is 0.200. The van der Waals surface area contributed by atoms with E-state index in [0.29, 0.717) is 22.1 Å². The third-order valence-corrected chi connectivity index (χ3v) is 6.16. The normalized spacial score (nSPS) is 11.3. The highest BCUT2D eigenvalue weighted by Crippen LogP contribution is 2.32. The second kappa shape index (κ2) is 9.82. The molecule has 0 fully saturated rings. The number of hydrogen-bond acceptors (Lipinski definition) is 7. The Labute approximate surface area is 206 Å². The van der Waals surface area contributed by atoms with Crippen molar-refractivity contribution in [1.82, 2.24) is 9.97 Å². The minimum Gasteiger partial charge on any atom is -0.444 e. The molecular formula is C25H24N4O3S2. The number of amides is 2. The van der Waals surface area contributed by atoms with E-state index in [1.165, 1.54) is 11.8 Å². The highest BCUT2D eigenvalue weighted by molar-refractivity contribution is 7.98. The zero-order valence-corrected chi connectivity index (χ0v) is 20.8. The van der Waals surface area contributed by atoms with Crippen LogP contribution in [0.1, 0.15) is 31.1 Å². The van der Waals surface area contributed by atoms with E-state index in [9.17, 15) is 9.59 Å². The molecular weight excluding hydrogens is 468 g/mol. The molecule has 0 atom stereocenters. The molecule has 2 amide bonds. The second-order valence-electron chi connectivity index (χ2n) is 8.40. The molecule has 4 rings (SSSR count). The third kappa shape index (κ3) is 5.55. The zero-order valence-electron chi connectivity index (χ0n) is 19.2. The van der Waals surface area contributed by atoms with E-state index in [2.05, 4.69) is 20.6 Å². The standard InChI is InChI=1S/C25H24N4O3S2/c1-25(2,3)32-24(31)28-18-8-6-5-7-17(18)26-22(30)16-11-9-15(10-12-16)20-21-19(13-14-34-21)27-23(29-20)33-4/h5-14H,1-4H3,(H,26,30)(H,28,31). The molecule has 34 heavy (non-hydrogen) atoms. The van der Waals surface area contributed by atoms with Crippen LogP contribution < -0.4 is 10.6 Å². The van der Waals surface area contributed by atoms with Gasteiger partial charge >= 0.3 is 6.09 Å². The van der Waals surface area contributed by atoms with Crippen LogP contribution in [0.15, 0.2) is 65.1 Å². The van der Waals surface area contributed by atoms with E-state index < -0.39 is 11.7 Å². The molecule has 0 unspecified atom stereocenters. The van der Waals surface area contributed by atoms with Gasteiger partial charge in [-0.2, -0.15) is 0 Å². The summed E-state index contributed by atoms with van der Waals surface area (Å²) in [6.07, 6.45) is 1.35. The van der Waals surface area contributed by atoms with E-state index in [0.717, 1.165) is 21.5 Å². The first-order valence-corrected chi connectivity index (χ1v) is 12.6. The highest BCUT2D eigenvalue weighted by atomic mass is 32.2. The van der Waals surface area contributed by atoms with Crippen molar-refractivity contribution < 1.29 is 14.3 Å². The van der Waals surface area contributed by atoms with Crippen LogP contribution in [0.25, 0.3) is 21.5 Å². The molecule has 4 aromatic rings. The topological polar surface area (TPSA) is 93.2 Å². The van der Waals surface area contributed by atoms with Crippen molar-refractivity contribution in [3.05, 3.63) is 65.5 Å². The van der Waals surface area contributed by atoms with Crippen LogP contribution in [-0.4, -0.2) is 33.8 Å². The molecule has 2 heterocycles. The van der Waals surface area contributed by atoms with Crippen LogP contribution in [0, 0.1) is 0 Å². The lowest BCUT2D eigenvalue weighted by molar-refractivity contribution is 0.0635. The Balaban J connectivity index is 1.53. The average Bonchev–Trinajstić information content (AvgIpc) is 3.27. The van der Waals surface area contributed by atoms with E-state index >= 15 is 0 Å². The molecule has 2 aromatic heterocycles. The predicted octanol–water partition coefficient (Wildman–Crippen LogP) is 6.68. The Morgan fingerprint density at radius 1 is 0.941 bits per heavy atom. The van der Waals surface area contributed by atoms with Gasteiger partial charge in [-0.25, -0.2) is 14.8 Å². The zero-order chi connectivity index (χ0) is 24.3. The summed E-state index contributed by atoms with van der Waals surface area (Å²) in [6, 6.07) is 16.2. The summed E-state index contributed by atoms with van der Waals surface area (Å²) in [4.78, 5) is 34.3. The Morgan fingerprint density at radius 2 is 1.62 bits per heavy atom. The minimum atomic E-state index is -0.626. The monoisotopic (exact) mass is 492 g/mol. The van der Waals surface area contributed by atoms with Crippen LogP contribution in [0.3, 0.4) is 0 Å². The number of nitrogens with zero attached hydrogens (tertiary/aromatic N) is 2. The number of nitrogens with one attached hydrogen (secondary N) is 2. The van der Waals surface area contributed by atoms with Gasteiger partial charge in [0.15, 0.2) is 5.16 Å². The SMILES string of the molecule is CSc1nc(-c2ccc(C(=O)Nc3ccccc3NC(=O)OC(C)(C)C)cc2)c2sccc2n1. The van der Waals surface area contributed by atoms with Gasteiger partial charge in [0.1, 0.15) is 5.60 Å². The van der Waals surface area contributed by atoms with E-state index in [4.69, 9.17) is 4.74 Å². The first-order chi connectivity index (χ1) is 16.2. The van der Waals surface area contributed by atoms with Crippen LogP contribution in [-0.2, 0) is 4.74 Å². The van der Waals surface area contributed by atoms with Gasteiger partial charge in [-0.3, -0.25) is 10.1 Å². The molecule has 0 aliphatic carbocycles. The Bertz CT molecular complexity index is 1340. The number of fused-ring (bicyclic) bond motifs is 1. The largest absolute Gasteiger partial charge is 0.444 e. The second-order valence-corrected chi connectivity index (χ2v) is 10.1. The maximum absolute atomic E-state index is 12.9. The fourth-order valence-electron chi connectivity index (χ4n) is 3.22. The lowest BCUT2D eigenvalue weighted by Crippen LogP contribution is -2.27. The molecule has 0 aliphatic heterocycles. The lowest BCUT2D eigenvalue weighted by Gasteiger charge is -2.20. The van der Waals surface area contributed by atoms with Gasteiger partial charge in [-0.15, -0.1) is 11.3 Å². The summed E-state index contributed by atoms with van der Waals surface area (Å²) in [5.41, 5.74) is 3.46. The van der Waals surface area contributed by atoms with E-state index in [1.807, 2.05) is 29.8 Å². The maximum Gasteiger partial charge on any atom is 0.412 e. The number of benzene rings is 2. The number of hydrogen-bond donors (Lipinski definition) is 2. The Kier molecular flexibility index (Phi) is 6.85. The molecule has 0 saturated heterocycles. The maximum atomic E-state index is 12.9. The predicted molar refractivity (Wildman–Crippen MR) is 139 cm³/mol. The van der Waals surface area contributed by atoms with E-state index in [-0.39, 0.29) is 5.91 Å². The molecule has 174 valence electrons. The highest BCUT2D eigenvalue weighted by Gasteiger charge is 2.18. The summed E-state index contributed by atoms with van der Waals surface area (Å²) < 4.78 is 6.32. The van der Waals surface area contributed by atoms with Gasteiger partial charge < -0.3 is 10.1 Å². The van der Waals surface area contributed by atoms with Gasteiger partial charge in [-0.05, 0) is 62.7 Å². The van der Waals surface area contributed by atoms with Crippen LogP contribution in [0.2, 0.25) is 0 Å². The number of aromatic nitrogens is 2. The Hall–Kier alpha value is -3.43. The molecule has 2 N–H and O–H groups in total. The van der Waals surface area contributed by atoms with Gasteiger partial charge in [-0.1, -0.05) is 36.0 Å². The molecule has 7 nitrogen and oxygen atoms in total. The molecule has 2 aromatic carbocycles. The summed E-state index contributed by atoms with van der Waals surface area (Å²) in [7, 11) is 0. The molecule has 0 saturated carbocycles. The smallest absolute Gasteiger partial charge is 0.412 e. The number of carbonyl (C=O) groups excluding carboxylic acids is 2. The van der Waals surface area contributed by atoms with Gasteiger partial charge in [0.05, 0.1) is 27.3 Å². The number of para-hydroxylation sites is 2. The molecule has 0 spiro atoms. The summed E-state index contributed by atoms with van der Waals surface area (Å²) in [6.45, 7) is 5.37. The quantitative estimate of drug-likeness (QED) is 0.238. The van der Waals surface area contributed by atoms with Crippen LogP contribution >= 0.6 is 23.1 Å². The number of carbonyl (C=O) groups is 2. The van der Waals surface area contributed by atoms with Crippen molar-refractivity contribution >= 4 is 56.7 Å².